The molecular weight excluding hydrogens is 306 g/mol. The van der Waals surface area contributed by atoms with E-state index in [-0.39, 0.29) is 17.6 Å². The van der Waals surface area contributed by atoms with Crippen LogP contribution in [0.2, 0.25) is 0 Å². The highest BCUT2D eigenvalue weighted by Gasteiger charge is 2.25. The summed E-state index contributed by atoms with van der Waals surface area (Å²) in [5, 5.41) is 14.7. The minimum atomic E-state index is -2.99. The summed E-state index contributed by atoms with van der Waals surface area (Å²) in [5.41, 5.74) is 6.00. The van der Waals surface area contributed by atoms with E-state index in [4.69, 9.17) is 5.73 Å². The lowest BCUT2D eigenvalue weighted by Crippen LogP contribution is -2.22. The van der Waals surface area contributed by atoms with E-state index in [1.54, 1.807) is 24.6 Å². The molecule has 2 aromatic heterocycles. The summed E-state index contributed by atoms with van der Waals surface area (Å²) in [6, 6.07) is 3.07. The highest BCUT2D eigenvalue weighted by molar-refractivity contribution is 5.64. The van der Waals surface area contributed by atoms with Crippen LogP contribution in [0.25, 0.3) is 11.3 Å². The summed E-state index contributed by atoms with van der Waals surface area (Å²) in [6.45, 7) is 4.17. The van der Waals surface area contributed by atoms with Crippen molar-refractivity contribution >= 4 is 5.82 Å². The molecule has 3 N–H and O–H groups in total. The fourth-order valence-corrected chi connectivity index (χ4v) is 2.17. The van der Waals surface area contributed by atoms with Gasteiger partial charge >= 0.3 is 6.61 Å². The smallest absolute Gasteiger partial charge is 0.387 e. The molecule has 0 bridgehead atoms. The van der Waals surface area contributed by atoms with Crippen molar-refractivity contribution in [3.63, 3.8) is 0 Å². The van der Waals surface area contributed by atoms with Crippen LogP contribution < -0.4 is 10.5 Å². The molecule has 0 spiro atoms. The molecule has 126 valence electrons. The average Bonchev–Trinajstić information content (AvgIpc) is 2.86. The lowest BCUT2D eigenvalue weighted by molar-refractivity contribution is -0.0494. The maximum absolute atomic E-state index is 12.4. The number of rotatable bonds is 5. The van der Waals surface area contributed by atoms with Gasteiger partial charge in [-0.25, -0.2) is 4.98 Å². The van der Waals surface area contributed by atoms with Gasteiger partial charge in [0, 0.05) is 17.8 Å². The number of pyridine rings is 1. The highest BCUT2D eigenvalue weighted by Crippen LogP contribution is 2.31. The molecule has 2 aromatic rings. The van der Waals surface area contributed by atoms with E-state index >= 15 is 0 Å². The summed E-state index contributed by atoms with van der Waals surface area (Å²) in [6.07, 6.45) is 1.43. The van der Waals surface area contributed by atoms with Crippen LogP contribution in [0.1, 0.15) is 39.4 Å². The standard InChI is InChI=1S/C15H20F2N4O2/c1-8(2)21-12(15(3,4)22)6-10(20-21)9-5-11(23-14(16)17)13(18)19-7-9/h5-8,14,22H,1-4H3,(H2,18,19). The molecule has 0 atom stereocenters. The van der Waals surface area contributed by atoms with Crippen LogP contribution in [0.5, 0.6) is 5.75 Å². The Morgan fingerprint density at radius 2 is 1.96 bits per heavy atom. The molecule has 0 radical (unpaired) electrons. The fraction of sp³-hybridized carbons (Fsp3) is 0.467. The van der Waals surface area contributed by atoms with E-state index in [1.165, 1.54) is 12.3 Å². The number of anilines is 1. The van der Waals surface area contributed by atoms with Gasteiger partial charge in [-0.3, -0.25) is 4.68 Å². The maximum Gasteiger partial charge on any atom is 0.387 e. The molecule has 0 saturated carbocycles. The molecule has 0 aliphatic heterocycles. The van der Waals surface area contributed by atoms with Crippen molar-refractivity contribution in [3.05, 3.63) is 24.0 Å². The normalized spacial score (nSPS) is 12.2. The third-order valence-corrected chi connectivity index (χ3v) is 3.25. The number of ether oxygens (including phenoxy) is 1. The Hall–Kier alpha value is -2.22. The Balaban J connectivity index is 2.50. The molecule has 6 nitrogen and oxygen atoms in total. The summed E-state index contributed by atoms with van der Waals surface area (Å²) in [7, 11) is 0. The van der Waals surface area contributed by atoms with Crippen LogP contribution in [-0.2, 0) is 5.60 Å². The lowest BCUT2D eigenvalue weighted by Gasteiger charge is -2.20. The third-order valence-electron chi connectivity index (χ3n) is 3.25. The number of aromatic nitrogens is 3. The molecular formula is C15H20F2N4O2. The van der Waals surface area contributed by atoms with Crippen molar-refractivity contribution in [1.29, 1.82) is 0 Å². The van der Waals surface area contributed by atoms with Crippen LogP contribution in [0, 0.1) is 0 Å². The Labute approximate surface area is 132 Å². The van der Waals surface area contributed by atoms with Crippen LogP contribution >= 0.6 is 0 Å². The number of hydrogen-bond donors (Lipinski definition) is 2. The predicted octanol–water partition coefficient (Wildman–Crippen LogP) is 2.94. The number of nitrogen functional groups attached to an aromatic ring is 1. The summed E-state index contributed by atoms with van der Waals surface area (Å²) in [4.78, 5) is 3.86. The Morgan fingerprint density at radius 1 is 1.30 bits per heavy atom. The van der Waals surface area contributed by atoms with Crippen LogP contribution in [0.3, 0.4) is 0 Å². The minimum absolute atomic E-state index is 0.0173. The topological polar surface area (TPSA) is 86.2 Å². The first-order valence-corrected chi connectivity index (χ1v) is 7.12. The third kappa shape index (κ3) is 3.76. The molecule has 0 aliphatic carbocycles. The van der Waals surface area contributed by atoms with Gasteiger partial charge < -0.3 is 15.6 Å². The molecule has 0 unspecified atom stereocenters. The quantitative estimate of drug-likeness (QED) is 0.882. The van der Waals surface area contributed by atoms with Gasteiger partial charge in [-0.1, -0.05) is 0 Å². The van der Waals surface area contributed by atoms with Crippen molar-refractivity contribution in [1.82, 2.24) is 14.8 Å². The largest absolute Gasteiger partial charge is 0.431 e. The highest BCUT2D eigenvalue weighted by atomic mass is 19.3. The Morgan fingerprint density at radius 3 is 2.43 bits per heavy atom. The Kier molecular flexibility index (Phi) is 4.56. The first kappa shape index (κ1) is 17.1. The predicted molar refractivity (Wildman–Crippen MR) is 82.1 cm³/mol. The number of alkyl halides is 2. The zero-order chi connectivity index (χ0) is 17.4. The molecule has 0 fully saturated rings. The second kappa shape index (κ2) is 6.11. The van der Waals surface area contributed by atoms with Gasteiger partial charge in [-0.15, -0.1) is 0 Å². The van der Waals surface area contributed by atoms with Crippen LogP contribution in [0.15, 0.2) is 18.3 Å². The van der Waals surface area contributed by atoms with Gasteiger partial charge in [0.15, 0.2) is 11.6 Å². The molecule has 0 amide bonds. The average molecular weight is 326 g/mol. The van der Waals surface area contributed by atoms with Gasteiger partial charge in [-0.05, 0) is 39.8 Å². The number of hydrogen-bond acceptors (Lipinski definition) is 5. The van der Waals surface area contributed by atoms with E-state index in [0.717, 1.165) is 0 Å². The first-order chi connectivity index (χ1) is 10.6. The lowest BCUT2D eigenvalue weighted by atomic mass is 10.0. The zero-order valence-corrected chi connectivity index (χ0v) is 13.4. The molecule has 2 rings (SSSR count). The van der Waals surface area contributed by atoms with E-state index in [9.17, 15) is 13.9 Å². The van der Waals surface area contributed by atoms with Crippen LogP contribution in [-0.4, -0.2) is 26.5 Å². The zero-order valence-electron chi connectivity index (χ0n) is 13.4. The van der Waals surface area contributed by atoms with Crippen molar-refractivity contribution in [3.8, 4) is 17.0 Å². The van der Waals surface area contributed by atoms with Crippen molar-refractivity contribution in [2.45, 2.75) is 45.9 Å². The molecule has 23 heavy (non-hydrogen) atoms. The van der Waals surface area contributed by atoms with Gasteiger partial charge in [0.2, 0.25) is 0 Å². The summed E-state index contributed by atoms with van der Waals surface area (Å²) < 4.78 is 30.8. The monoisotopic (exact) mass is 326 g/mol. The fourth-order valence-electron chi connectivity index (χ4n) is 2.17. The molecule has 8 heteroatoms. The number of aliphatic hydroxyl groups is 1. The minimum Gasteiger partial charge on any atom is -0.431 e. The molecule has 0 aromatic carbocycles. The second-order valence-electron chi connectivity index (χ2n) is 6.00. The molecule has 2 heterocycles. The van der Waals surface area contributed by atoms with E-state index in [1.807, 2.05) is 13.8 Å². The van der Waals surface area contributed by atoms with Gasteiger partial charge in [0.05, 0.1) is 11.4 Å². The second-order valence-corrected chi connectivity index (χ2v) is 6.00. The van der Waals surface area contributed by atoms with E-state index in [0.29, 0.717) is 17.0 Å². The van der Waals surface area contributed by atoms with E-state index in [2.05, 4.69) is 14.8 Å². The summed E-state index contributed by atoms with van der Waals surface area (Å²) >= 11 is 0. The number of halogens is 2. The van der Waals surface area contributed by atoms with Crippen molar-refractivity contribution in [2.24, 2.45) is 0 Å². The van der Waals surface area contributed by atoms with Gasteiger partial charge in [0.1, 0.15) is 5.60 Å². The number of nitrogens with zero attached hydrogens (tertiary/aromatic N) is 3. The van der Waals surface area contributed by atoms with Crippen molar-refractivity contribution in [2.75, 3.05) is 5.73 Å². The summed E-state index contributed by atoms with van der Waals surface area (Å²) in [5.74, 6) is -0.332. The van der Waals surface area contributed by atoms with Gasteiger partial charge in [0.25, 0.3) is 0 Å². The Bertz CT molecular complexity index is 693. The maximum atomic E-state index is 12.4. The SMILES string of the molecule is CC(C)n1nc(-c2cnc(N)c(OC(F)F)c2)cc1C(C)(C)O. The van der Waals surface area contributed by atoms with Gasteiger partial charge in [-0.2, -0.15) is 13.9 Å². The first-order valence-electron chi connectivity index (χ1n) is 7.12. The number of nitrogens with two attached hydrogens (primary N) is 1. The van der Waals surface area contributed by atoms with Crippen LogP contribution in [0.4, 0.5) is 14.6 Å². The molecule has 0 saturated heterocycles. The van der Waals surface area contributed by atoms with Crippen molar-refractivity contribution < 1.29 is 18.6 Å². The van der Waals surface area contributed by atoms with E-state index < -0.39 is 12.2 Å². The molecule has 0 aliphatic rings.